The van der Waals surface area contributed by atoms with E-state index in [9.17, 15) is 9.59 Å². The largest absolute Gasteiger partial charge is 0.496 e. The number of benzene rings is 1. The highest BCUT2D eigenvalue weighted by molar-refractivity contribution is 7.15. The molecule has 2 unspecified atom stereocenters. The highest BCUT2D eigenvalue weighted by Crippen LogP contribution is 2.41. The van der Waals surface area contributed by atoms with E-state index in [4.69, 9.17) is 4.74 Å². The molecule has 1 fully saturated rings. The molecule has 8 heteroatoms. The highest BCUT2D eigenvalue weighted by atomic mass is 32.1. The Kier molecular flexibility index (Phi) is 8.61. The number of amides is 2. The van der Waals surface area contributed by atoms with Gasteiger partial charge in [-0.1, -0.05) is 56.7 Å². The number of hydrogen-bond acceptors (Lipinski definition) is 6. The number of ether oxygens (including phenoxy) is 1. The lowest BCUT2D eigenvalue weighted by atomic mass is 9.83. The van der Waals surface area contributed by atoms with Crippen LogP contribution in [0.15, 0.2) is 24.3 Å². The summed E-state index contributed by atoms with van der Waals surface area (Å²) in [6.45, 7) is 6.99. The molecule has 2 amide bonds. The van der Waals surface area contributed by atoms with Gasteiger partial charge < -0.3 is 15.0 Å². The minimum Gasteiger partial charge on any atom is -0.496 e. The van der Waals surface area contributed by atoms with Crippen LogP contribution < -0.4 is 10.1 Å². The van der Waals surface area contributed by atoms with Gasteiger partial charge in [0, 0.05) is 24.4 Å². The summed E-state index contributed by atoms with van der Waals surface area (Å²) < 4.78 is 5.60. The summed E-state index contributed by atoms with van der Waals surface area (Å²) in [7, 11) is 1.62. The number of anilines is 1. The molecule has 2 heterocycles. The molecule has 2 aromatic rings. The van der Waals surface area contributed by atoms with Crippen LogP contribution in [-0.4, -0.2) is 40.6 Å². The molecular weight excluding hydrogens is 424 g/mol. The number of para-hydroxylation sites is 1. The Balaban J connectivity index is 1.90. The summed E-state index contributed by atoms with van der Waals surface area (Å²) in [5, 5.41) is 13.0. The van der Waals surface area contributed by atoms with E-state index in [2.05, 4.69) is 36.3 Å². The molecule has 32 heavy (non-hydrogen) atoms. The Morgan fingerprint density at radius 2 is 2.00 bits per heavy atom. The third-order valence-corrected chi connectivity index (χ3v) is 7.26. The van der Waals surface area contributed by atoms with Gasteiger partial charge in [0.1, 0.15) is 10.8 Å². The number of carbonyl (C=O) groups is 2. The summed E-state index contributed by atoms with van der Waals surface area (Å²) in [5.41, 5.74) is 0.870. The zero-order valence-electron chi connectivity index (χ0n) is 19.5. The first-order valence-electron chi connectivity index (χ1n) is 11.6. The van der Waals surface area contributed by atoms with Crippen LogP contribution in [-0.2, 0) is 9.59 Å². The fourth-order valence-electron chi connectivity index (χ4n) is 4.40. The molecule has 1 N–H and O–H groups in total. The van der Waals surface area contributed by atoms with Gasteiger partial charge in [-0.05, 0) is 31.7 Å². The van der Waals surface area contributed by atoms with Crippen molar-refractivity contribution < 1.29 is 14.3 Å². The van der Waals surface area contributed by atoms with E-state index >= 15 is 0 Å². The molecule has 1 aromatic carbocycles. The van der Waals surface area contributed by atoms with Crippen LogP contribution in [0.25, 0.3) is 0 Å². The van der Waals surface area contributed by atoms with Crippen LogP contribution in [0.1, 0.15) is 81.8 Å². The zero-order chi connectivity index (χ0) is 23.1. The van der Waals surface area contributed by atoms with Crippen LogP contribution in [0.3, 0.4) is 0 Å². The third kappa shape index (κ3) is 5.28. The van der Waals surface area contributed by atoms with Gasteiger partial charge in [0.15, 0.2) is 0 Å². The first kappa shape index (κ1) is 24.2. The molecular formula is C24H34N4O3S. The predicted octanol–water partition coefficient (Wildman–Crippen LogP) is 5.17. The van der Waals surface area contributed by atoms with Crippen molar-refractivity contribution in [1.82, 2.24) is 15.1 Å². The Morgan fingerprint density at radius 1 is 1.25 bits per heavy atom. The number of carbonyl (C=O) groups excluding carboxylic acids is 2. The van der Waals surface area contributed by atoms with Crippen molar-refractivity contribution in [2.75, 3.05) is 19.0 Å². The molecule has 174 valence electrons. The maximum atomic E-state index is 13.4. The number of nitrogens with zero attached hydrogens (tertiary/aromatic N) is 3. The molecule has 1 aliphatic heterocycles. The molecule has 0 radical (unpaired) electrons. The monoisotopic (exact) mass is 458 g/mol. The van der Waals surface area contributed by atoms with Gasteiger partial charge in [-0.2, -0.15) is 0 Å². The molecule has 2 atom stereocenters. The lowest BCUT2D eigenvalue weighted by Gasteiger charge is -2.41. The van der Waals surface area contributed by atoms with Crippen molar-refractivity contribution in [3.8, 4) is 5.75 Å². The second-order valence-electron chi connectivity index (χ2n) is 8.22. The third-order valence-electron chi connectivity index (χ3n) is 6.26. The van der Waals surface area contributed by atoms with Gasteiger partial charge in [-0.3, -0.25) is 9.59 Å². The van der Waals surface area contributed by atoms with Crippen LogP contribution in [0, 0.1) is 5.92 Å². The van der Waals surface area contributed by atoms with Crippen LogP contribution in [0.4, 0.5) is 5.13 Å². The van der Waals surface area contributed by atoms with E-state index in [1.807, 2.05) is 29.2 Å². The first-order valence-corrected chi connectivity index (χ1v) is 12.4. The highest BCUT2D eigenvalue weighted by Gasteiger charge is 2.41. The summed E-state index contributed by atoms with van der Waals surface area (Å²) in [6, 6.07) is 7.30. The molecule has 0 bridgehead atoms. The Bertz CT molecular complexity index is 912. The topological polar surface area (TPSA) is 84.4 Å². The quantitative estimate of drug-likeness (QED) is 0.531. The number of unbranched alkanes of at least 4 members (excludes halogenated alkanes) is 1. The summed E-state index contributed by atoms with van der Waals surface area (Å²) in [5.74, 6) is 0.628. The van der Waals surface area contributed by atoms with Gasteiger partial charge in [0.25, 0.3) is 0 Å². The van der Waals surface area contributed by atoms with E-state index in [1.54, 1.807) is 7.11 Å². The smallest absolute Gasteiger partial charge is 0.231 e. The van der Waals surface area contributed by atoms with Gasteiger partial charge >= 0.3 is 0 Å². The number of piperidine rings is 1. The maximum absolute atomic E-state index is 13.4. The number of methoxy groups -OCH3 is 1. The van der Waals surface area contributed by atoms with Crippen molar-refractivity contribution >= 4 is 28.3 Å². The van der Waals surface area contributed by atoms with Gasteiger partial charge in [0.2, 0.25) is 16.9 Å². The van der Waals surface area contributed by atoms with Crippen molar-refractivity contribution in [2.45, 2.75) is 71.3 Å². The number of nitrogens with one attached hydrogen (secondary N) is 1. The zero-order valence-corrected chi connectivity index (χ0v) is 20.3. The van der Waals surface area contributed by atoms with E-state index in [1.165, 1.54) is 11.3 Å². The van der Waals surface area contributed by atoms with Crippen molar-refractivity contribution in [3.63, 3.8) is 0 Å². The molecule has 3 rings (SSSR count). The molecule has 0 spiro atoms. The molecule has 0 saturated carbocycles. The molecule has 1 saturated heterocycles. The molecule has 1 aliphatic rings. The number of likely N-dealkylation sites (tertiary alicyclic amines) is 1. The van der Waals surface area contributed by atoms with E-state index in [0.29, 0.717) is 36.2 Å². The van der Waals surface area contributed by atoms with Crippen molar-refractivity contribution in [2.24, 2.45) is 5.92 Å². The van der Waals surface area contributed by atoms with E-state index in [-0.39, 0.29) is 23.8 Å². The Hall–Kier alpha value is -2.48. The number of aromatic nitrogens is 2. The van der Waals surface area contributed by atoms with Gasteiger partial charge in [-0.25, -0.2) is 0 Å². The number of hydrogen-bond donors (Lipinski definition) is 1. The predicted molar refractivity (Wildman–Crippen MR) is 127 cm³/mol. The van der Waals surface area contributed by atoms with Crippen LogP contribution in [0.2, 0.25) is 0 Å². The van der Waals surface area contributed by atoms with Crippen LogP contribution in [0.5, 0.6) is 5.75 Å². The lowest BCUT2D eigenvalue weighted by Crippen LogP contribution is -2.47. The standard InChI is InChI=1S/C24H34N4O3S/c1-5-8-15-28-20(29)14-13-18(21(28)17-11-9-10-12-19(17)31-4)22(30)25-24-27-26-23(32-24)16(6-2)7-3/h9-12,16,18,21H,5-8,13-15H2,1-4H3,(H,25,27,30). The SMILES string of the molecule is CCCCN1C(=O)CCC(C(=O)Nc2nnc(C(CC)CC)s2)C1c1ccccc1OC. The molecule has 0 aliphatic carbocycles. The van der Waals surface area contributed by atoms with Gasteiger partial charge in [0.05, 0.1) is 19.1 Å². The fourth-order valence-corrected chi connectivity index (χ4v) is 5.41. The second kappa shape index (κ2) is 11.4. The van der Waals surface area contributed by atoms with E-state index in [0.717, 1.165) is 36.3 Å². The molecule has 7 nitrogen and oxygen atoms in total. The lowest BCUT2D eigenvalue weighted by molar-refractivity contribution is -0.142. The van der Waals surface area contributed by atoms with Crippen molar-refractivity contribution in [3.05, 3.63) is 34.8 Å². The van der Waals surface area contributed by atoms with Gasteiger partial charge in [-0.15, -0.1) is 10.2 Å². The Morgan fingerprint density at radius 3 is 2.69 bits per heavy atom. The average Bonchev–Trinajstić information content (AvgIpc) is 3.26. The fraction of sp³-hybridized carbons (Fsp3) is 0.583. The second-order valence-corrected chi connectivity index (χ2v) is 9.23. The van der Waals surface area contributed by atoms with Crippen molar-refractivity contribution in [1.29, 1.82) is 0 Å². The summed E-state index contributed by atoms with van der Waals surface area (Å²) >= 11 is 1.44. The maximum Gasteiger partial charge on any atom is 0.231 e. The summed E-state index contributed by atoms with van der Waals surface area (Å²) in [6.07, 6.45) is 4.71. The average molecular weight is 459 g/mol. The minimum absolute atomic E-state index is 0.0883. The first-order chi connectivity index (χ1) is 15.5. The number of rotatable bonds is 10. The minimum atomic E-state index is -0.388. The normalized spacial score (nSPS) is 18.8. The molecule has 1 aromatic heterocycles. The Labute approximate surface area is 194 Å². The van der Waals surface area contributed by atoms with Crippen LogP contribution >= 0.6 is 11.3 Å². The van der Waals surface area contributed by atoms with E-state index < -0.39 is 0 Å². The summed E-state index contributed by atoms with van der Waals surface area (Å²) in [4.78, 5) is 28.2.